The minimum absolute atomic E-state index is 0.367. The van der Waals surface area contributed by atoms with Gasteiger partial charge in [0, 0.05) is 11.3 Å². The van der Waals surface area contributed by atoms with Gasteiger partial charge in [0.1, 0.15) is 4.99 Å². The Morgan fingerprint density at radius 3 is 2.26 bits per heavy atom. The summed E-state index contributed by atoms with van der Waals surface area (Å²) >= 11 is 11.3. The summed E-state index contributed by atoms with van der Waals surface area (Å²) in [6, 6.07) is 11.7. The first-order valence-corrected chi connectivity index (χ1v) is 6.69. The molecular formula is C15H15ClN2S. The summed E-state index contributed by atoms with van der Waals surface area (Å²) < 4.78 is 0. The maximum absolute atomic E-state index is 6.19. The molecule has 2 aromatic rings. The van der Waals surface area contributed by atoms with Crippen LogP contribution in [0.3, 0.4) is 0 Å². The van der Waals surface area contributed by atoms with E-state index in [0.717, 1.165) is 28.1 Å². The molecule has 19 heavy (non-hydrogen) atoms. The van der Waals surface area contributed by atoms with Crippen molar-refractivity contribution < 1.29 is 0 Å². The van der Waals surface area contributed by atoms with E-state index in [1.54, 1.807) is 0 Å². The fraction of sp³-hybridized carbons (Fsp3) is 0.133. The average Bonchev–Trinajstić information content (AvgIpc) is 2.33. The van der Waals surface area contributed by atoms with Crippen molar-refractivity contribution >= 4 is 40.2 Å². The van der Waals surface area contributed by atoms with Gasteiger partial charge in [0.15, 0.2) is 0 Å². The van der Waals surface area contributed by atoms with Gasteiger partial charge in [-0.25, -0.2) is 0 Å². The fourth-order valence-corrected chi connectivity index (χ4v) is 2.20. The van der Waals surface area contributed by atoms with E-state index in [0.29, 0.717) is 10.0 Å². The lowest BCUT2D eigenvalue weighted by atomic mass is 10.1. The molecular weight excluding hydrogens is 276 g/mol. The third-order valence-electron chi connectivity index (χ3n) is 2.83. The van der Waals surface area contributed by atoms with Crippen LogP contribution >= 0.6 is 23.8 Å². The molecule has 0 bridgehead atoms. The van der Waals surface area contributed by atoms with Crippen molar-refractivity contribution in [3.05, 3.63) is 58.1 Å². The Hall–Kier alpha value is -1.58. The lowest BCUT2D eigenvalue weighted by Gasteiger charge is -2.14. The quantitative estimate of drug-likeness (QED) is 0.826. The molecule has 0 atom stereocenters. The van der Waals surface area contributed by atoms with Crippen LogP contribution in [0.4, 0.5) is 11.4 Å². The van der Waals surface area contributed by atoms with Crippen molar-refractivity contribution in [1.82, 2.24) is 0 Å². The lowest BCUT2D eigenvalue weighted by Crippen LogP contribution is -2.12. The van der Waals surface area contributed by atoms with Crippen LogP contribution in [0, 0.1) is 13.8 Å². The number of hydrogen-bond acceptors (Lipinski definition) is 2. The zero-order valence-corrected chi connectivity index (χ0v) is 12.4. The van der Waals surface area contributed by atoms with Crippen LogP contribution < -0.4 is 11.1 Å². The monoisotopic (exact) mass is 290 g/mol. The molecule has 4 heteroatoms. The van der Waals surface area contributed by atoms with Gasteiger partial charge in [-0.05, 0) is 49.2 Å². The third kappa shape index (κ3) is 3.25. The number of benzene rings is 2. The van der Waals surface area contributed by atoms with Crippen LogP contribution in [0.15, 0.2) is 36.4 Å². The summed E-state index contributed by atoms with van der Waals surface area (Å²) in [5.41, 5.74) is 10.6. The molecule has 0 aromatic heterocycles. The van der Waals surface area contributed by atoms with Crippen LogP contribution in [0.2, 0.25) is 5.02 Å². The number of hydrogen-bond donors (Lipinski definition) is 2. The summed E-state index contributed by atoms with van der Waals surface area (Å²) in [6.45, 7) is 4.04. The van der Waals surface area contributed by atoms with Crippen LogP contribution in [-0.2, 0) is 0 Å². The van der Waals surface area contributed by atoms with Crippen molar-refractivity contribution in [3.63, 3.8) is 0 Å². The molecule has 98 valence electrons. The molecule has 0 aliphatic rings. The second-order valence-electron chi connectivity index (χ2n) is 4.52. The SMILES string of the molecule is Cc1ccc(Cl)c(Nc2cc(C)ccc2C(N)=S)c1. The minimum atomic E-state index is 0.367. The van der Waals surface area contributed by atoms with E-state index in [2.05, 4.69) is 5.32 Å². The summed E-state index contributed by atoms with van der Waals surface area (Å²) in [6.07, 6.45) is 0. The summed E-state index contributed by atoms with van der Waals surface area (Å²) in [7, 11) is 0. The topological polar surface area (TPSA) is 38.0 Å². The molecule has 2 rings (SSSR count). The Kier molecular flexibility index (Phi) is 4.08. The number of thiocarbonyl (C=S) groups is 1. The number of anilines is 2. The van der Waals surface area contributed by atoms with Crippen LogP contribution in [0.1, 0.15) is 16.7 Å². The number of rotatable bonds is 3. The molecule has 0 saturated heterocycles. The number of halogens is 1. The molecule has 0 spiro atoms. The van der Waals surface area contributed by atoms with E-state index < -0.39 is 0 Å². The molecule has 0 radical (unpaired) electrons. The first-order valence-electron chi connectivity index (χ1n) is 5.91. The van der Waals surface area contributed by atoms with Gasteiger partial charge in [0.05, 0.1) is 10.7 Å². The predicted octanol–water partition coefficient (Wildman–Crippen LogP) is 4.33. The van der Waals surface area contributed by atoms with E-state index >= 15 is 0 Å². The van der Waals surface area contributed by atoms with E-state index in [1.165, 1.54) is 0 Å². The number of nitrogens with two attached hydrogens (primary N) is 1. The molecule has 3 N–H and O–H groups in total. The van der Waals surface area contributed by atoms with E-state index in [1.807, 2.05) is 50.2 Å². The Balaban J connectivity index is 2.45. The van der Waals surface area contributed by atoms with Gasteiger partial charge in [-0.3, -0.25) is 0 Å². The van der Waals surface area contributed by atoms with Crippen molar-refractivity contribution in [2.45, 2.75) is 13.8 Å². The molecule has 0 unspecified atom stereocenters. The van der Waals surface area contributed by atoms with Gasteiger partial charge in [-0.1, -0.05) is 36.0 Å². The summed E-state index contributed by atoms with van der Waals surface area (Å²) in [5, 5.41) is 3.97. The standard InChI is InChI=1S/C15H15ClN2S/c1-9-3-5-11(15(17)19)13(7-9)18-14-8-10(2)4-6-12(14)16/h3-8,18H,1-2H3,(H2,17,19). The number of nitrogens with one attached hydrogen (secondary N) is 1. The highest BCUT2D eigenvalue weighted by molar-refractivity contribution is 7.80. The summed E-state index contributed by atoms with van der Waals surface area (Å²) in [4.78, 5) is 0.367. The third-order valence-corrected chi connectivity index (χ3v) is 3.38. The Morgan fingerprint density at radius 1 is 1.05 bits per heavy atom. The van der Waals surface area contributed by atoms with Crippen LogP contribution in [0.25, 0.3) is 0 Å². The van der Waals surface area contributed by atoms with Crippen LogP contribution in [-0.4, -0.2) is 4.99 Å². The smallest absolute Gasteiger partial charge is 0.106 e. The van der Waals surface area contributed by atoms with Gasteiger partial charge < -0.3 is 11.1 Å². The van der Waals surface area contributed by atoms with Crippen molar-refractivity contribution in [2.75, 3.05) is 5.32 Å². The van der Waals surface area contributed by atoms with Gasteiger partial charge in [-0.15, -0.1) is 0 Å². The second kappa shape index (κ2) is 5.59. The summed E-state index contributed by atoms with van der Waals surface area (Å²) in [5.74, 6) is 0. The highest BCUT2D eigenvalue weighted by Gasteiger charge is 2.08. The first-order chi connectivity index (χ1) is 8.97. The molecule has 2 nitrogen and oxygen atoms in total. The first kappa shape index (κ1) is 13.8. The van der Waals surface area contributed by atoms with Gasteiger partial charge in [0.2, 0.25) is 0 Å². The van der Waals surface area contributed by atoms with Crippen molar-refractivity contribution in [2.24, 2.45) is 5.73 Å². The van der Waals surface area contributed by atoms with Crippen molar-refractivity contribution in [1.29, 1.82) is 0 Å². The maximum atomic E-state index is 6.19. The Morgan fingerprint density at radius 2 is 1.63 bits per heavy atom. The Bertz CT molecular complexity index is 638. The Labute approximate surface area is 123 Å². The van der Waals surface area contributed by atoms with Gasteiger partial charge >= 0.3 is 0 Å². The molecule has 0 saturated carbocycles. The zero-order valence-electron chi connectivity index (χ0n) is 10.8. The second-order valence-corrected chi connectivity index (χ2v) is 5.37. The maximum Gasteiger partial charge on any atom is 0.106 e. The van der Waals surface area contributed by atoms with E-state index in [-0.39, 0.29) is 0 Å². The lowest BCUT2D eigenvalue weighted by molar-refractivity contribution is 1.41. The van der Waals surface area contributed by atoms with E-state index in [9.17, 15) is 0 Å². The minimum Gasteiger partial charge on any atom is -0.389 e. The van der Waals surface area contributed by atoms with E-state index in [4.69, 9.17) is 29.6 Å². The molecule has 0 fully saturated rings. The fourth-order valence-electron chi connectivity index (χ4n) is 1.86. The average molecular weight is 291 g/mol. The number of aryl methyl sites for hydroxylation is 2. The molecule has 0 aliphatic heterocycles. The molecule has 0 amide bonds. The normalized spacial score (nSPS) is 10.3. The van der Waals surface area contributed by atoms with Gasteiger partial charge in [0.25, 0.3) is 0 Å². The highest BCUT2D eigenvalue weighted by Crippen LogP contribution is 2.28. The largest absolute Gasteiger partial charge is 0.389 e. The van der Waals surface area contributed by atoms with Gasteiger partial charge in [-0.2, -0.15) is 0 Å². The van der Waals surface area contributed by atoms with Crippen LogP contribution in [0.5, 0.6) is 0 Å². The molecule has 0 aliphatic carbocycles. The predicted molar refractivity (Wildman–Crippen MR) is 86.5 cm³/mol. The zero-order chi connectivity index (χ0) is 14.0. The highest BCUT2D eigenvalue weighted by atomic mass is 35.5. The molecule has 2 aromatic carbocycles. The van der Waals surface area contributed by atoms with Crippen molar-refractivity contribution in [3.8, 4) is 0 Å². The molecule has 0 heterocycles.